The average molecular weight is 554 g/mol. The highest BCUT2D eigenvalue weighted by Crippen LogP contribution is 2.38. The Balaban J connectivity index is 1.91. The smallest absolute Gasteiger partial charge is 0.417 e. The second-order valence-electron chi connectivity index (χ2n) is 7.68. The van der Waals surface area contributed by atoms with Crippen LogP contribution in [0.4, 0.5) is 18.9 Å². The molecule has 0 unspecified atom stereocenters. The standard InChI is InChI=1S/C25H23ClF3N3O4S/c1-3-36-20-12-9-18(10-13-20)17(2)30-31-24(33)16-32(37(34,35)21-7-5-4-6-8-21)19-11-14-23(26)22(15-19)25(27,28)29/h4-15H,3,16H2,1-2H3,(H,31,33). The second kappa shape index (κ2) is 11.7. The molecule has 0 saturated carbocycles. The fourth-order valence-electron chi connectivity index (χ4n) is 3.26. The summed E-state index contributed by atoms with van der Waals surface area (Å²) in [7, 11) is -4.43. The summed E-state index contributed by atoms with van der Waals surface area (Å²) in [5, 5.41) is 3.39. The Morgan fingerprint density at radius 3 is 2.30 bits per heavy atom. The van der Waals surface area contributed by atoms with Gasteiger partial charge in [-0.05, 0) is 74.0 Å². The molecule has 0 heterocycles. The molecule has 37 heavy (non-hydrogen) atoms. The van der Waals surface area contributed by atoms with Crippen LogP contribution in [0, 0.1) is 0 Å². The van der Waals surface area contributed by atoms with Crippen molar-refractivity contribution >= 4 is 38.9 Å². The number of hydrogen-bond acceptors (Lipinski definition) is 5. The van der Waals surface area contributed by atoms with E-state index in [0.29, 0.717) is 34.0 Å². The molecule has 0 aliphatic carbocycles. The number of carbonyl (C=O) groups is 1. The zero-order valence-corrected chi connectivity index (χ0v) is 21.4. The van der Waals surface area contributed by atoms with Crippen molar-refractivity contribution in [1.82, 2.24) is 5.43 Å². The predicted molar refractivity (Wildman–Crippen MR) is 135 cm³/mol. The molecule has 0 atom stereocenters. The lowest BCUT2D eigenvalue weighted by atomic mass is 10.1. The van der Waals surface area contributed by atoms with Crippen LogP contribution in [-0.2, 0) is 21.0 Å². The number of alkyl halides is 3. The minimum Gasteiger partial charge on any atom is -0.494 e. The first-order valence-corrected chi connectivity index (χ1v) is 12.8. The number of nitrogens with zero attached hydrogens (tertiary/aromatic N) is 2. The second-order valence-corrected chi connectivity index (χ2v) is 9.95. The minimum absolute atomic E-state index is 0.208. The molecule has 1 N–H and O–H groups in total. The van der Waals surface area contributed by atoms with E-state index in [1.165, 1.54) is 24.3 Å². The van der Waals surface area contributed by atoms with E-state index < -0.39 is 39.2 Å². The molecule has 3 aromatic rings. The number of carbonyl (C=O) groups excluding carboxylic acids is 1. The zero-order valence-electron chi connectivity index (χ0n) is 19.8. The number of hydrogen-bond donors (Lipinski definition) is 1. The van der Waals surface area contributed by atoms with Gasteiger partial charge in [-0.3, -0.25) is 9.10 Å². The number of amides is 1. The Morgan fingerprint density at radius 1 is 1.05 bits per heavy atom. The van der Waals surface area contributed by atoms with Crippen LogP contribution in [0.5, 0.6) is 5.75 Å². The van der Waals surface area contributed by atoms with Crippen molar-refractivity contribution < 1.29 is 31.1 Å². The monoisotopic (exact) mass is 553 g/mol. The van der Waals surface area contributed by atoms with E-state index in [1.807, 2.05) is 6.92 Å². The normalized spacial score (nSPS) is 12.2. The van der Waals surface area contributed by atoms with Gasteiger partial charge in [0.25, 0.3) is 15.9 Å². The van der Waals surface area contributed by atoms with E-state index in [-0.39, 0.29) is 10.6 Å². The summed E-state index contributed by atoms with van der Waals surface area (Å²) in [5.41, 5.74) is 1.73. The fraction of sp³-hybridized carbons (Fsp3) is 0.200. The van der Waals surface area contributed by atoms with Crippen LogP contribution >= 0.6 is 11.6 Å². The van der Waals surface area contributed by atoms with Crippen LogP contribution in [0.1, 0.15) is 25.0 Å². The summed E-state index contributed by atoms with van der Waals surface area (Å²) in [5.74, 6) is -0.209. The van der Waals surface area contributed by atoms with Gasteiger partial charge in [0.05, 0.1) is 33.5 Å². The number of rotatable bonds is 9. The summed E-state index contributed by atoms with van der Waals surface area (Å²) in [6.07, 6.45) is -4.84. The summed E-state index contributed by atoms with van der Waals surface area (Å²) < 4.78 is 73.0. The summed E-state index contributed by atoms with van der Waals surface area (Å²) >= 11 is 5.70. The number of nitrogens with one attached hydrogen (secondary N) is 1. The molecule has 3 aromatic carbocycles. The molecule has 0 spiro atoms. The topological polar surface area (TPSA) is 88.1 Å². The summed E-state index contributed by atoms with van der Waals surface area (Å²) in [4.78, 5) is 12.5. The Morgan fingerprint density at radius 2 is 1.70 bits per heavy atom. The lowest BCUT2D eigenvalue weighted by Crippen LogP contribution is -2.40. The van der Waals surface area contributed by atoms with Crippen molar-refractivity contribution in [1.29, 1.82) is 0 Å². The van der Waals surface area contributed by atoms with Gasteiger partial charge in [-0.25, -0.2) is 13.8 Å². The molecule has 12 heteroatoms. The van der Waals surface area contributed by atoms with E-state index >= 15 is 0 Å². The van der Waals surface area contributed by atoms with Crippen molar-refractivity contribution in [2.24, 2.45) is 5.10 Å². The van der Waals surface area contributed by atoms with E-state index in [4.69, 9.17) is 16.3 Å². The van der Waals surface area contributed by atoms with E-state index in [9.17, 15) is 26.4 Å². The van der Waals surface area contributed by atoms with Gasteiger partial charge >= 0.3 is 6.18 Å². The molecule has 0 fully saturated rings. The van der Waals surface area contributed by atoms with Crippen LogP contribution in [-0.4, -0.2) is 33.2 Å². The van der Waals surface area contributed by atoms with Crippen LogP contribution in [0.25, 0.3) is 0 Å². The predicted octanol–water partition coefficient (Wildman–Crippen LogP) is 5.49. The van der Waals surface area contributed by atoms with Crippen molar-refractivity contribution in [3.8, 4) is 5.75 Å². The molecule has 0 aliphatic heterocycles. The van der Waals surface area contributed by atoms with Gasteiger partial charge in [0.2, 0.25) is 0 Å². The fourth-order valence-corrected chi connectivity index (χ4v) is 4.91. The van der Waals surface area contributed by atoms with E-state index in [0.717, 1.165) is 12.1 Å². The zero-order chi connectivity index (χ0) is 27.2. The third kappa shape index (κ3) is 7.01. The van der Waals surface area contributed by atoms with E-state index in [1.54, 1.807) is 37.3 Å². The van der Waals surface area contributed by atoms with Gasteiger partial charge in [-0.15, -0.1) is 0 Å². The Bertz CT molecular complexity index is 1380. The number of halogens is 4. The van der Waals surface area contributed by atoms with Gasteiger partial charge in [0.1, 0.15) is 12.3 Å². The Labute approximate surface area is 217 Å². The quantitative estimate of drug-likeness (QED) is 0.280. The molecular weight excluding hydrogens is 531 g/mol. The molecule has 7 nitrogen and oxygen atoms in total. The number of sulfonamides is 1. The van der Waals surface area contributed by atoms with Crippen molar-refractivity contribution in [3.05, 3.63) is 88.9 Å². The largest absolute Gasteiger partial charge is 0.494 e. The number of ether oxygens (including phenoxy) is 1. The third-order valence-corrected chi connectivity index (χ3v) is 7.21. The van der Waals surface area contributed by atoms with Crippen molar-refractivity contribution in [2.75, 3.05) is 17.5 Å². The van der Waals surface area contributed by atoms with Crippen LogP contribution in [0.2, 0.25) is 5.02 Å². The molecule has 0 aromatic heterocycles. The minimum atomic E-state index is -4.84. The average Bonchev–Trinajstić information content (AvgIpc) is 2.86. The first-order valence-electron chi connectivity index (χ1n) is 10.9. The van der Waals surface area contributed by atoms with Gasteiger partial charge in [0, 0.05) is 0 Å². The number of anilines is 1. The highest BCUT2D eigenvalue weighted by Gasteiger charge is 2.35. The molecular formula is C25H23ClF3N3O4S. The molecule has 0 radical (unpaired) electrons. The van der Waals surface area contributed by atoms with E-state index in [2.05, 4.69) is 10.5 Å². The Hall–Kier alpha value is -3.57. The summed E-state index contributed by atoms with van der Waals surface area (Å²) in [6, 6.07) is 16.6. The number of hydrazone groups is 1. The lowest BCUT2D eigenvalue weighted by Gasteiger charge is -2.25. The van der Waals surface area contributed by atoms with Gasteiger partial charge in [0.15, 0.2) is 0 Å². The summed E-state index contributed by atoms with van der Waals surface area (Å²) in [6.45, 7) is 3.15. The molecule has 0 bridgehead atoms. The first-order chi connectivity index (χ1) is 17.4. The maximum absolute atomic E-state index is 13.5. The SMILES string of the molecule is CCOc1ccc(C(C)=NNC(=O)CN(c2ccc(Cl)c(C(F)(F)F)c2)S(=O)(=O)c2ccccc2)cc1. The van der Waals surface area contributed by atoms with Gasteiger partial charge < -0.3 is 4.74 Å². The maximum Gasteiger partial charge on any atom is 0.417 e. The van der Waals surface area contributed by atoms with Crippen molar-refractivity contribution in [3.63, 3.8) is 0 Å². The first kappa shape index (κ1) is 28.0. The van der Waals surface area contributed by atoms with Gasteiger partial charge in [-0.2, -0.15) is 18.3 Å². The van der Waals surface area contributed by atoms with Crippen LogP contribution in [0.3, 0.4) is 0 Å². The molecule has 1 amide bonds. The third-order valence-electron chi connectivity index (χ3n) is 5.09. The highest BCUT2D eigenvalue weighted by atomic mass is 35.5. The van der Waals surface area contributed by atoms with Gasteiger partial charge in [-0.1, -0.05) is 29.8 Å². The molecule has 0 saturated heterocycles. The molecule has 0 aliphatic rings. The number of benzene rings is 3. The molecule has 196 valence electrons. The van der Waals surface area contributed by atoms with Crippen LogP contribution < -0.4 is 14.5 Å². The van der Waals surface area contributed by atoms with Crippen LogP contribution in [0.15, 0.2) is 82.8 Å². The highest BCUT2D eigenvalue weighted by molar-refractivity contribution is 7.92. The van der Waals surface area contributed by atoms with Crippen molar-refractivity contribution in [2.45, 2.75) is 24.9 Å². The molecule has 3 rings (SSSR count). The Kier molecular flexibility index (Phi) is 8.82. The lowest BCUT2D eigenvalue weighted by molar-refractivity contribution is -0.137. The maximum atomic E-state index is 13.5.